The fourth-order valence-corrected chi connectivity index (χ4v) is 1.46. The van der Waals surface area contributed by atoms with Crippen LogP contribution in [0.5, 0.6) is 0 Å². The molecule has 0 aromatic heterocycles. The van der Waals surface area contributed by atoms with Crippen molar-refractivity contribution in [3.05, 3.63) is 28.8 Å². The second-order valence-corrected chi connectivity index (χ2v) is 3.69. The molecule has 0 aliphatic carbocycles. The first-order valence-corrected chi connectivity index (χ1v) is 5.28. The van der Waals surface area contributed by atoms with Crippen molar-refractivity contribution in [1.82, 2.24) is 0 Å². The van der Waals surface area contributed by atoms with Crippen molar-refractivity contribution < 1.29 is 19.4 Å². The molecule has 0 saturated heterocycles. The maximum Gasteiger partial charge on any atom is 0.337 e. The van der Waals surface area contributed by atoms with E-state index in [0.717, 1.165) is 0 Å². The normalized spacial score (nSPS) is 10.6. The van der Waals surface area contributed by atoms with E-state index in [1.165, 1.54) is 26.4 Å². The Morgan fingerprint density at radius 2 is 2.12 bits per heavy atom. The number of carboxylic acids is 1. The Morgan fingerprint density at radius 3 is 2.65 bits per heavy atom. The molecule has 0 fully saturated rings. The second kappa shape index (κ2) is 6.44. The second-order valence-electron chi connectivity index (χ2n) is 3.28. The lowest BCUT2D eigenvalue weighted by Crippen LogP contribution is -2.23. The average Bonchev–Trinajstić information content (AvgIpc) is 2.32. The van der Waals surface area contributed by atoms with Crippen LogP contribution < -0.4 is 5.32 Å². The number of carboxylic acid groups (broad SMARTS) is 1. The van der Waals surface area contributed by atoms with Gasteiger partial charge in [-0.15, -0.1) is 0 Å². The van der Waals surface area contributed by atoms with Crippen molar-refractivity contribution in [2.24, 2.45) is 0 Å². The minimum absolute atomic E-state index is 0.0584. The molecule has 17 heavy (non-hydrogen) atoms. The van der Waals surface area contributed by atoms with Crippen LogP contribution in [-0.4, -0.2) is 38.1 Å². The fourth-order valence-electron chi connectivity index (χ4n) is 1.26. The van der Waals surface area contributed by atoms with E-state index in [0.29, 0.717) is 12.2 Å². The molecule has 1 rings (SSSR count). The molecule has 0 bridgehead atoms. The molecule has 0 heterocycles. The molecule has 0 atom stereocenters. The molecule has 0 saturated carbocycles. The molecular formula is C11H14ClNO4. The van der Waals surface area contributed by atoms with E-state index in [1.807, 2.05) is 0 Å². The van der Waals surface area contributed by atoms with E-state index in [-0.39, 0.29) is 16.9 Å². The van der Waals surface area contributed by atoms with Crippen LogP contribution in [0.1, 0.15) is 10.4 Å². The van der Waals surface area contributed by atoms with Crippen LogP contribution in [0.25, 0.3) is 0 Å². The van der Waals surface area contributed by atoms with Gasteiger partial charge in [0.2, 0.25) is 0 Å². The van der Waals surface area contributed by atoms with E-state index in [1.54, 1.807) is 6.07 Å². The van der Waals surface area contributed by atoms with Crippen LogP contribution in [0.3, 0.4) is 0 Å². The van der Waals surface area contributed by atoms with Crippen LogP contribution in [0.4, 0.5) is 5.69 Å². The Morgan fingerprint density at radius 1 is 1.47 bits per heavy atom. The SMILES string of the molecule is COC(CNc1ccc(Cl)c(C(=O)O)c1)OC. The number of methoxy groups -OCH3 is 2. The smallest absolute Gasteiger partial charge is 0.337 e. The van der Waals surface area contributed by atoms with E-state index < -0.39 is 5.97 Å². The highest BCUT2D eigenvalue weighted by molar-refractivity contribution is 6.33. The molecule has 0 aliphatic rings. The van der Waals surface area contributed by atoms with E-state index in [9.17, 15) is 4.79 Å². The highest BCUT2D eigenvalue weighted by Gasteiger charge is 2.10. The maximum absolute atomic E-state index is 10.9. The van der Waals surface area contributed by atoms with Gasteiger partial charge in [0.1, 0.15) is 0 Å². The van der Waals surface area contributed by atoms with Crippen molar-refractivity contribution >= 4 is 23.3 Å². The topological polar surface area (TPSA) is 67.8 Å². The van der Waals surface area contributed by atoms with Crippen LogP contribution in [0, 0.1) is 0 Å². The largest absolute Gasteiger partial charge is 0.478 e. The van der Waals surface area contributed by atoms with Gasteiger partial charge in [0, 0.05) is 19.9 Å². The lowest BCUT2D eigenvalue weighted by Gasteiger charge is -2.15. The first-order chi connectivity index (χ1) is 8.08. The van der Waals surface area contributed by atoms with Crippen LogP contribution in [0.15, 0.2) is 18.2 Å². The summed E-state index contributed by atoms with van der Waals surface area (Å²) in [6.07, 6.45) is -0.390. The lowest BCUT2D eigenvalue weighted by molar-refractivity contribution is -0.0914. The summed E-state index contributed by atoms with van der Waals surface area (Å²) in [5.41, 5.74) is 0.703. The fraction of sp³-hybridized carbons (Fsp3) is 0.364. The summed E-state index contributed by atoms with van der Waals surface area (Å²) < 4.78 is 9.99. The molecular weight excluding hydrogens is 246 g/mol. The van der Waals surface area contributed by atoms with Gasteiger partial charge in [-0.2, -0.15) is 0 Å². The summed E-state index contributed by atoms with van der Waals surface area (Å²) in [4.78, 5) is 10.9. The van der Waals surface area contributed by atoms with Gasteiger partial charge in [-0.3, -0.25) is 0 Å². The number of ether oxygens (including phenoxy) is 2. The standard InChI is InChI=1S/C11H14ClNO4/c1-16-10(17-2)6-13-7-3-4-9(12)8(5-7)11(14)15/h3-5,10,13H,6H2,1-2H3,(H,14,15). The monoisotopic (exact) mass is 259 g/mol. The predicted octanol–water partition coefficient (Wildman–Crippen LogP) is 2.07. The third kappa shape index (κ3) is 3.89. The number of benzene rings is 1. The van der Waals surface area contributed by atoms with Gasteiger partial charge in [0.25, 0.3) is 0 Å². The molecule has 0 spiro atoms. The molecule has 0 aliphatic heterocycles. The van der Waals surface area contributed by atoms with E-state index >= 15 is 0 Å². The Labute approximate surface area is 104 Å². The zero-order valence-corrected chi connectivity index (χ0v) is 10.3. The Balaban J connectivity index is 2.72. The van der Waals surface area contributed by atoms with Gasteiger partial charge in [-0.05, 0) is 18.2 Å². The first kappa shape index (κ1) is 13.8. The number of carbonyl (C=O) groups is 1. The van der Waals surface area contributed by atoms with Crippen molar-refractivity contribution in [3.8, 4) is 0 Å². The summed E-state index contributed by atoms with van der Waals surface area (Å²) in [5, 5.41) is 12.1. The minimum Gasteiger partial charge on any atom is -0.478 e. The summed E-state index contributed by atoms with van der Waals surface area (Å²) >= 11 is 5.75. The van der Waals surface area contributed by atoms with Crippen LogP contribution >= 0.6 is 11.6 Å². The number of rotatable bonds is 6. The molecule has 0 unspecified atom stereocenters. The van der Waals surface area contributed by atoms with Gasteiger partial charge in [0.15, 0.2) is 6.29 Å². The number of hydrogen-bond donors (Lipinski definition) is 2. The minimum atomic E-state index is -1.06. The van der Waals surface area contributed by atoms with Crippen molar-refractivity contribution in [2.45, 2.75) is 6.29 Å². The zero-order valence-electron chi connectivity index (χ0n) is 9.57. The molecule has 0 amide bonds. The number of halogens is 1. The number of nitrogens with one attached hydrogen (secondary N) is 1. The molecule has 1 aromatic carbocycles. The van der Waals surface area contributed by atoms with Crippen molar-refractivity contribution in [2.75, 3.05) is 26.1 Å². The third-order valence-electron chi connectivity index (χ3n) is 2.20. The molecule has 1 aromatic rings. The van der Waals surface area contributed by atoms with Gasteiger partial charge in [-0.25, -0.2) is 4.79 Å². The number of hydrogen-bond acceptors (Lipinski definition) is 4. The predicted molar refractivity (Wildman–Crippen MR) is 64.7 cm³/mol. The Kier molecular flexibility index (Phi) is 5.21. The van der Waals surface area contributed by atoms with Gasteiger partial charge in [0.05, 0.1) is 17.1 Å². The maximum atomic E-state index is 10.9. The van der Waals surface area contributed by atoms with Gasteiger partial charge >= 0.3 is 5.97 Å². The van der Waals surface area contributed by atoms with Gasteiger partial charge in [-0.1, -0.05) is 11.6 Å². The third-order valence-corrected chi connectivity index (χ3v) is 2.52. The first-order valence-electron chi connectivity index (χ1n) is 4.90. The van der Waals surface area contributed by atoms with Crippen LogP contribution in [0.2, 0.25) is 5.02 Å². The molecule has 5 nitrogen and oxygen atoms in total. The summed E-state index contributed by atoms with van der Waals surface area (Å²) in [7, 11) is 3.06. The van der Waals surface area contributed by atoms with Gasteiger partial charge < -0.3 is 19.9 Å². The van der Waals surface area contributed by atoms with Crippen molar-refractivity contribution in [1.29, 1.82) is 0 Å². The van der Waals surface area contributed by atoms with Crippen LogP contribution in [-0.2, 0) is 9.47 Å². The van der Waals surface area contributed by atoms with E-state index in [4.69, 9.17) is 26.2 Å². The summed E-state index contributed by atoms with van der Waals surface area (Å²) in [6, 6.07) is 4.69. The summed E-state index contributed by atoms with van der Waals surface area (Å²) in [6.45, 7) is 0.410. The molecule has 6 heteroatoms. The molecule has 94 valence electrons. The highest BCUT2D eigenvalue weighted by atomic mass is 35.5. The Hall–Kier alpha value is -1.30. The van der Waals surface area contributed by atoms with Crippen molar-refractivity contribution in [3.63, 3.8) is 0 Å². The molecule has 0 radical (unpaired) electrons. The highest BCUT2D eigenvalue weighted by Crippen LogP contribution is 2.20. The average molecular weight is 260 g/mol. The summed E-state index contributed by atoms with van der Waals surface area (Å²) in [5.74, 6) is -1.06. The Bertz CT molecular complexity index is 393. The lowest BCUT2D eigenvalue weighted by atomic mass is 10.2. The number of anilines is 1. The quantitative estimate of drug-likeness (QED) is 0.766. The van der Waals surface area contributed by atoms with E-state index in [2.05, 4.69) is 5.32 Å². The number of aromatic carboxylic acids is 1. The molecule has 2 N–H and O–H groups in total. The zero-order chi connectivity index (χ0) is 12.8.